The molecule has 0 radical (unpaired) electrons. The highest BCUT2D eigenvalue weighted by atomic mass is 16.3. The van der Waals surface area contributed by atoms with Crippen LogP contribution in [0.1, 0.15) is 32.4 Å². The van der Waals surface area contributed by atoms with E-state index in [4.69, 9.17) is 0 Å². The second kappa shape index (κ2) is 6.15. The van der Waals surface area contributed by atoms with Gasteiger partial charge in [0.05, 0.1) is 18.8 Å². The molecule has 1 rings (SSSR count). The third-order valence-corrected chi connectivity index (χ3v) is 3.03. The van der Waals surface area contributed by atoms with Crippen molar-refractivity contribution in [3.8, 4) is 0 Å². The largest absolute Gasteiger partial charge is 0.394 e. The summed E-state index contributed by atoms with van der Waals surface area (Å²) in [6.07, 6.45) is 0. The monoisotopic (exact) mass is 237 g/mol. The van der Waals surface area contributed by atoms with E-state index >= 15 is 0 Å². The van der Waals surface area contributed by atoms with Crippen LogP contribution in [0.2, 0.25) is 0 Å². The van der Waals surface area contributed by atoms with Crippen LogP contribution in [-0.4, -0.2) is 29.0 Å². The molecular weight excluding hydrogens is 214 g/mol. The molecule has 3 nitrogen and oxygen atoms in total. The SMILES string of the molecule is CC(C)C(NC(C)(CO)CO)c1ccccc1. The fourth-order valence-corrected chi connectivity index (χ4v) is 1.81. The molecule has 96 valence electrons. The van der Waals surface area contributed by atoms with Crippen LogP contribution in [0.15, 0.2) is 30.3 Å². The summed E-state index contributed by atoms with van der Waals surface area (Å²) >= 11 is 0. The summed E-state index contributed by atoms with van der Waals surface area (Å²) in [5.41, 5.74) is 0.528. The van der Waals surface area contributed by atoms with Crippen molar-refractivity contribution in [1.82, 2.24) is 5.32 Å². The lowest BCUT2D eigenvalue weighted by Crippen LogP contribution is -2.51. The van der Waals surface area contributed by atoms with E-state index in [0.29, 0.717) is 5.92 Å². The average Bonchev–Trinajstić information content (AvgIpc) is 2.36. The number of aliphatic hydroxyl groups is 2. The van der Waals surface area contributed by atoms with Gasteiger partial charge in [0.2, 0.25) is 0 Å². The molecule has 0 heterocycles. The normalized spacial score (nSPS) is 14.0. The van der Waals surface area contributed by atoms with Gasteiger partial charge in [0.25, 0.3) is 0 Å². The van der Waals surface area contributed by atoms with Gasteiger partial charge in [0.15, 0.2) is 0 Å². The van der Waals surface area contributed by atoms with Gasteiger partial charge in [0, 0.05) is 6.04 Å². The zero-order valence-corrected chi connectivity index (χ0v) is 10.9. The molecule has 1 aromatic rings. The molecule has 3 N–H and O–H groups in total. The minimum atomic E-state index is -0.648. The first-order chi connectivity index (χ1) is 8.02. The average molecular weight is 237 g/mol. The van der Waals surface area contributed by atoms with Crippen LogP contribution in [0.4, 0.5) is 0 Å². The fraction of sp³-hybridized carbons (Fsp3) is 0.571. The van der Waals surface area contributed by atoms with Crippen molar-refractivity contribution in [3.63, 3.8) is 0 Å². The molecule has 0 amide bonds. The first-order valence-corrected chi connectivity index (χ1v) is 6.07. The highest BCUT2D eigenvalue weighted by Crippen LogP contribution is 2.24. The van der Waals surface area contributed by atoms with Crippen LogP contribution in [0.25, 0.3) is 0 Å². The van der Waals surface area contributed by atoms with Crippen molar-refractivity contribution in [2.45, 2.75) is 32.4 Å². The van der Waals surface area contributed by atoms with Crippen molar-refractivity contribution in [2.24, 2.45) is 5.92 Å². The van der Waals surface area contributed by atoms with Crippen molar-refractivity contribution in [2.75, 3.05) is 13.2 Å². The summed E-state index contributed by atoms with van der Waals surface area (Å²) in [5.74, 6) is 0.384. The Bertz CT molecular complexity index is 320. The molecule has 3 heteroatoms. The van der Waals surface area contributed by atoms with E-state index in [1.807, 2.05) is 25.1 Å². The Labute approximate surface area is 103 Å². The highest BCUT2D eigenvalue weighted by molar-refractivity contribution is 5.20. The number of hydrogen-bond acceptors (Lipinski definition) is 3. The number of aliphatic hydroxyl groups excluding tert-OH is 2. The van der Waals surface area contributed by atoms with Gasteiger partial charge in [-0.2, -0.15) is 0 Å². The molecule has 1 aromatic carbocycles. The Hall–Kier alpha value is -0.900. The molecule has 0 aliphatic rings. The molecule has 0 saturated carbocycles. The maximum atomic E-state index is 9.34. The first-order valence-electron chi connectivity index (χ1n) is 6.07. The van der Waals surface area contributed by atoms with E-state index in [1.165, 1.54) is 5.56 Å². The van der Waals surface area contributed by atoms with Gasteiger partial charge < -0.3 is 15.5 Å². The first kappa shape index (κ1) is 14.2. The molecule has 17 heavy (non-hydrogen) atoms. The number of hydrogen-bond donors (Lipinski definition) is 3. The second-order valence-corrected chi connectivity index (χ2v) is 5.15. The minimum absolute atomic E-state index is 0.0838. The van der Waals surface area contributed by atoms with Crippen molar-refractivity contribution < 1.29 is 10.2 Å². The van der Waals surface area contributed by atoms with Crippen LogP contribution in [0, 0.1) is 5.92 Å². The Morgan fingerprint density at radius 2 is 1.65 bits per heavy atom. The van der Waals surface area contributed by atoms with Gasteiger partial charge in [-0.05, 0) is 18.4 Å². The molecule has 1 atom stereocenters. The van der Waals surface area contributed by atoms with Gasteiger partial charge in [-0.3, -0.25) is 0 Å². The lowest BCUT2D eigenvalue weighted by Gasteiger charge is -2.34. The van der Waals surface area contributed by atoms with Gasteiger partial charge in [-0.25, -0.2) is 0 Å². The van der Waals surface area contributed by atoms with Crippen LogP contribution < -0.4 is 5.32 Å². The quantitative estimate of drug-likeness (QED) is 0.706. The number of nitrogens with one attached hydrogen (secondary N) is 1. The van der Waals surface area contributed by atoms with E-state index in [0.717, 1.165) is 0 Å². The number of benzene rings is 1. The summed E-state index contributed by atoms with van der Waals surface area (Å²) in [4.78, 5) is 0. The molecule has 0 saturated heterocycles. The molecule has 0 bridgehead atoms. The smallest absolute Gasteiger partial charge is 0.0633 e. The second-order valence-electron chi connectivity index (χ2n) is 5.15. The Morgan fingerprint density at radius 3 is 2.06 bits per heavy atom. The lowest BCUT2D eigenvalue weighted by atomic mass is 9.92. The van der Waals surface area contributed by atoms with Crippen LogP contribution in [0.5, 0.6) is 0 Å². The molecule has 0 spiro atoms. The standard InChI is InChI=1S/C14H23NO2/c1-11(2)13(12-7-5-4-6-8-12)15-14(3,9-16)10-17/h4-8,11,13,15-17H,9-10H2,1-3H3. The van der Waals surface area contributed by atoms with E-state index in [2.05, 4.69) is 31.3 Å². The molecule has 1 unspecified atom stereocenters. The third-order valence-electron chi connectivity index (χ3n) is 3.03. The lowest BCUT2D eigenvalue weighted by molar-refractivity contribution is 0.0875. The fourth-order valence-electron chi connectivity index (χ4n) is 1.81. The van der Waals surface area contributed by atoms with E-state index in [-0.39, 0.29) is 19.3 Å². The Balaban J connectivity index is 2.88. The van der Waals surface area contributed by atoms with Crippen molar-refractivity contribution in [1.29, 1.82) is 0 Å². The van der Waals surface area contributed by atoms with E-state index < -0.39 is 5.54 Å². The summed E-state index contributed by atoms with van der Waals surface area (Å²) < 4.78 is 0. The predicted molar refractivity (Wildman–Crippen MR) is 69.7 cm³/mol. The predicted octanol–water partition coefficient (Wildman–Crippen LogP) is 1.72. The number of rotatable bonds is 6. The molecular formula is C14H23NO2. The maximum absolute atomic E-state index is 9.34. The zero-order chi connectivity index (χ0) is 12.9. The molecule has 0 aliphatic heterocycles. The van der Waals surface area contributed by atoms with Crippen LogP contribution >= 0.6 is 0 Å². The molecule has 0 fully saturated rings. The van der Waals surface area contributed by atoms with Crippen LogP contribution in [0.3, 0.4) is 0 Å². The Morgan fingerprint density at radius 1 is 1.12 bits per heavy atom. The van der Waals surface area contributed by atoms with E-state index in [1.54, 1.807) is 0 Å². The molecule has 0 aromatic heterocycles. The Kier molecular flexibility index (Phi) is 5.12. The van der Waals surface area contributed by atoms with E-state index in [9.17, 15) is 10.2 Å². The topological polar surface area (TPSA) is 52.5 Å². The van der Waals surface area contributed by atoms with Gasteiger partial charge in [-0.1, -0.05) is 44.2 Å². The van der Waals surface area contributed by atoms with Gasteiger partial charge >= 0.3 is 0 Å². The van der Waals surface area contributed by atoms with Gasteiger partial charge in [0.1, 0.15) is 0 Å². The summed E-state index contributed by atoms with van der Waals surface area (Å²) in [5, 5.41) is 22.0. The maximum Gasteiger partial charge on any atom is 0.0633 e. The van der Waals surface area contributed by atoms with Crippen molar-refractivity contribution in [3.05, 3.63) is 35.9 Å². The minimum Gasteiger partial charge on any atom is -0.394 e. The molecule has 0 aliphatic carbocycles. The third kappa shape index (κ3) is 3.80. The van der Waals surface area contributed by atoms with Crippen LogP contribution in [-0.2, 0) is 0 Å². The summed E-state index contributed by atoms with van der Waals surface area (Å²) in [7, 11) is 0. The summed E-state index contributed by atoms with van der Waals surface area (Å²) in [6.45, 7) is 5.91. The summed E-state index contributed by atoms with van der Waals surface area (Å²) in [6, 6.07) is 10.2. The van der Waals surface area contributed by atoms with Gasteiger partial charge in [-0.15, -0.1) is 0 Å². The zero-order valence-electron chi connectivity index (χ0n) is 10.9. The highest BCUT2D eigenvalue weighted by Gasteiger charge is 2.28. The van der Waals surface area contributed by atoms with Crippen molar-refractivity contribution >= 4 is 0 Å².